The van der Waals surface area contributed by atoms with Crippen molar-refractivity contribution < 1.29 is 0 Å². The zero-order valence-corrected chi connectivity index (χ0v) is 12.8. The molecule has 1 aromatic heterocycles. The van der Waals surface area contributed by atoms with Crippen molar-refractivity contribution in [3.8, 4) is 0 Å². The quantitative estimate of drug-likeness (QED) is 0.907. The Morgan fingerprint density at radius 2 is 1.95 bits per heavy atom. The molecule has 0 aliphatic rings. The van der Waals surface area contributed by atoms with Crippen LogP contribution >= 0.6 is 35.0 Å². The molecular weight excluding hydrogens is 299 g/mol. The van der Waals surface area contributed by atoms with Gasteiger partial charge >= 0.3 is 0 Å². The molecule has 1 heterocycles. The zero-order chi connectivity index (χ0) is 13.8. The summed E-state index contributed by atoms with van der Waals surface area (Å²) in [6.07, 6.45) is 2.49. The highest BCUT2D eigenvalue weighted by Crippen LogP contribution is 2.38. The van der Waals surface area contributed by atoms with Crippen molar-refractivity contribution in [2.45, 2.75) is 29.3 Å². The van der Waals surface area contributed by atoms with Crippen LogP contribution in [0.15, 0.2) is 46.5 Å². The van der Waals surface area contributed by atoms with Gasteiger partial charge in [-0.2, -0.15) is 0 Å². The molecule has 0 radical (unpaired) electrons. The maximum Gasteiger partial charge on any atom is 0.119 e. The normalized spacial score (nSPS) is 12.4. The summed E-state index contributed by atoms with van der Waals surface area (Å²) in [5, 5.41) is 2.08. The Balaban J connectivity index is 2.36. The van der Waals surface area contributed by atoms with Crippen molar-refractivity contribution in [3.05, 3.63) is 52.1 Å². The monoisotopic (exact) mass is 312 g/mol. The first-order valence-electron chi connectivity index (χ1n) is 5.89. The maximum absolute atomic E-state index is 6.28. The second kappa shape index (κ2) is 6.62. The van der Waals surface area contributed by atoms with Crippen molar-refractivity contribution >= 4 is 35.0 Å². The predicted molar refractivity (Wildman–Crippen MR) is 82.2 cm³/mol. The molecule has 0 saturated heterocycles. The molecule has 100 valence electrons. The summed E-state index contributed by atoms with van der Waals surface area (Å²) >= 11 is 13.9. The van der Waals surface area contributed by atoms with Gasteiger partial charge in [0, 0.05) is 17.1 Å². The van der Waals surface area contributed by atoms with Crippen LogP contribution in [0.2, 0.25) is 10.0 Å². The van der Waals surface area contributed by atoms with Crippen LogP contribution in [-0.2, 0) is 6.42 Å². The highest BCUT2D eigenvalue weighted by molar-refractivity contribution is 7.99. The minimum absolute atomic E-state index is 0.0806. The third kappa shape index (κ3) is 3.86. The van der Waals surface area contributed by atoms with Crippen LogP contribution in [0.1, 0.15) is 12.5 Å². The summed E-state index contributed by atoms with van der Waals surface area (Å²) in [5.41, 5.74) is 6.99. The van der Waals surface area contributed by atoms with Crippen LogP contribution < -0.4 is 5.73 Å². The van der Waals surface area contributed by atoms with E-state index < -0.39 is 0 Å². The van der Waals surface area contributed by atoms with Crippen molar-refractivity contribution in [3.63, 3.8) is 0 Å². The Hall–Kier alpha value is -0.740. The fourth-order valence-corrected chi connectivity index (χ4v) is 3.19. The minimum atomic E-state index is 0.0806. The van der Waals surface area contributed by atoms with Gasteiger partial charge in [0.05, 0.1) is 10.0 Å². The van der Waals surface area contributed by atoms with Crippen LogP contribution in [0.5, 0.6) is 0 Å². The first-order valence-corrected chi connectivity index (χ1v) is 7.46. The van der Waals surface area contributed by atoms with Crippen molar-refractivity contribution in [1.82, 2.24) is 4.98 Å². The molecular formula is C14H14Cl2N2S. The molecule has 0 amide bonds. The Morgan fingerprint density at radius 1 is 1.21 bits per heavy atom. The van der Waals surface area contributed by atoms with Gasteiger partial charge < -0.3 is 5.73 Å². The summed E-state index contributed by atoms with van der Waals surface area (Å²) in [6, 6.07) is 9.54. The summed E-state index contributed by atoms with van der Waals surface area (Å²) in [7, 11) is 0. The van der Waals surface area contributed by atoms with Gasteiger partial charge in [0.15, 0.2) is 0 Å². The van der Waals surface area contributed by atoms with Crippen LogP contribution in [0.3, 0.4) is 0 Å². The number of hydrogen-bond donors (Lipinski definition) is 1. The van der Waals surface area contributed by atoms with Gasteiger partial charge in [-0.3, -0.25) is 0 Å². The van der Waals surface area contributed by atoms with Gasteiger partial charge in [0.1, 0.15) is 5.03 Å². The lowest BCUT2D eigenvalue weighted by molar-refractivity contribution is 0.729. The topological polar surface area (TPSA) is 38.9 Å². The largest absolute Gasteiger partial charge is 0.328 e. The maximum atomic E-state index is 6.28. The first-order chi connectivity index (χ1) is 9.08. The van der Waals surface area contributed by atoms with Crippen molar-refractivity contribution in [1.29, 1.82) is 0 Å². The molecule has 0 aliphatic heterocycles. The van der Waals surface area contributed by atoms with E-state index in [1.54, 1.807) is 6.20 Å². The van der Waals surface area contributed by atoms with Crippen LogP contribution in [0.25, 0.3) is 0 Å². The number of hydrogen-bond acceptors (Lipinski definition) is 3. The molecule has 0 bridgehead atoms. The number of aromatic nitrogens is 1. The van der Waals surface area contributed by atoms with E-state index in [1.807, 2.05) is 37.3 Å². The SMILES string of the molecule is CC(N)Cc1cccc(Cl)c1Sc1ncccc1Cl. The highest BCUT2D eigenvalue weighted by atomic mass is 35.5. The first kappa shape index (κ1) is 14.7. The molecule has 0 saturated carbocycles. The Morgan fingerprint density at radius 3 is 2.63 bits per heavy atom. The van der Waals surface area contributed by atoms with Gasteiger partial charge in [0.25, 0.3) is 0 Å². The van der Waals surface area contributed by atoms with Crippen molar-refractivity contribution in [2.75, 3.05) is 0 Å². The number of nitrogens with zero attached hydrogens (tertiary/aromatic N) is 1. The highest BCUT2D eigenvalue weighted by Gasteiger charge is 2.12. The number of benzene rings is 1. The zero-order valence-electron chi connectivity index (χ0n) is 10.4. The van der Waals surface area contributed by atoms with Crippen LogP contribution in [0, 0.1) is 0 Å². The van der Waals surface area contributed by atoms with E-state index in [0.29, 0.717) is 10.0 Å². The molecule has 2 N–H and O–H groups in total. The van der Waals surface area contributed by atoms with E-state index in [-0.39, 0.29) is 6.04 Å². The molecule has 2 nitrogen and oxygen atoms in total. The average Bonchev–Trinajstić information content (AvgIpc) is 2.35. The molecule has 1 atom stereocenters. The van der Waals surface area contributed by atoms with Crippen LogP contribution in [0.4, 0.5) is 0 Å². The van der Waals surface area contributed by atoms with E-state index in [0.717, 1.165) is 21.9 Å². The molecule has 1 unspecified atom stereocenters. The molecule has 0 spiro atoms. The third-order valence-electron chi connectivity index (χ3n) is 2.51. The molecule has 0 aliphatic carbocycles. The van der Waals surface area contributed by atoms with E-state index in [4.69, 9.17) is 28.9 Å². The van der Waals surface area contributed by atoms with Gasteiger partial charge in [-0.05, 0) is 37.1 Å². The number of nitrogens with two attached hydrogens (primary N) is 1. The lowest BCUT2D eigenvalue weighted by Crippen LogP contribution is -2.18. The number of halogens is 2. The van der Waals surface area contributed by atoms with E-state index in [9.17, 15) is 0 Å². The molecule has 2 aromatic rings. The molecule has 2 rings (SSSR count). The van der Waals surface area contributed by atoms with Crippen molar-refractivity contribution in [2.24, 2.45) is 5.73 Å². The third-order valence-corrected chi connectivity index (χ3v) is 4.56. The summed E-state index contributed by atoms with van der Waals surface area (Å²) in [4.78, 5) is 5.25. The number of pyridine rings is 1. The standard InChI is InChI=1S/C14H14Cl2N2S/c1-9(17)8-10-4-2-5-11(15)13(10)19-14-12(16)6-3-7-18-14/h2-7,9H,8,17H2,1H3. The fraction of sp³-hybridized carbons (Fsp3) is 0.214. The second-order valence-corrected chi connectivity index (χ2v) is 6.12. The lowest BCUT2D eigenvalue weighted by Gasteiger charge is -2.13. The average molecular weight is 313 g/mol. The van der Waals surface area contributed by atoms with Gasteiger partial charge in [0.2, 0.25) is 0 Å². The van der Waals surface area contributed by atoms with Gasteiger partial charge in [-0.15, -0.1) is 0 Å². The number of rotatable bonds is 4. The summed E-state index contributed by atoms with van der Waals surface area (Å²) in [5.74, 6) is 0. The Labute approximate surface area is 127 Å². The van der Waals surface area contributed by atoms with Gasteiger partial charge in [-0.1, -0.05) is 47.1 Å². The lowest BCUT2D eigenvalue weighted by atomic mass is 10.1. The van der Waals surface area contributed by atoms with E-state index in [1.165, 1.54) is 11.8 Å². The van der Waals surface area contributed by atoms with E-state index >= 15 is 0 Å². The Kier molecular flexibility index (Phi) is 5.11. The summed E-state index contributed by atoms with van der Waals surface area (Å²) in [6.45, 7) is 1.98. The molecule has 1 aromatic carbocycles. The molecule has 5 heteroatoms. The van der Waals surface area contributed by atoms with Gasteiger partial charge in [-0.25, -0.2) is 4.98 Å². The fourth-order valence-electron chi connectivity index (χ4n) is 1.72. The van der Waals surface area contributed by atoms with E-state index in [2.05, 4.69) is 4.98 Å². The smallest absolute Gasteiger partial charge is 0.119 e. The molecule has 19 heavy (non-hydrogen) atoms. The molecule has 0 fully saturated rings. The summed E-state index contributed by atoms with van der Waals surface area (Å²) < 4.78 is 0. The minimum Gasteiger partial charge on any atom is -0.328 e. The second-order valence-electron chi connectivity index (χ2n) is 4.30. The van der Waals surface area contributed by atoms with Crippen LogP contribution in [-0.4, -0.2) is 11.0 Å². The predicted octanol–water partition coefficient (Wildman–Crippen LogP) is 4.43. The Bertz CT molecular complexity index is 573.